The lowest BCUT2D eigenvalue weighted by Crippen LogP contribution is -2.33. The number of esters is 2. The van der Waals surface area contributed by atoms with Crippen LogP contribution in [0.25, 0.3) is 0 Å². The number of likely N-dealkylation sites (N-methyl/N-ethyl adjacent to an activating group) is 1. The predicted molar refractivity (Wildman–Crippen MR) is 222 cm³/mol. The molecule has 0 aromatic rings. The van der Waals surface area contributed by atoms with Crippen molar-refractivity contribution in [1.29, 1.82) is 0 Å². The Morgan fingerprint density at radius 1 is 0.585 bits per heavy atom. The van der Waals surface area contributed by atoms with Crippen LogP contribution in [0.3, 0.4) is 0 Å². The first-order chi connectivity index (χ1) is 25.2. The van der Waals surface area contributed by atoms with Crippen LogP contribution in [0.15, 0.2) is 0 Å². The van der Waals surface area contributed by atoms with Crippen molar-refractivity contribution in [1.82, 2.24) is 4.90 Å². The van der Waals surface area contributed by atoms with Gasteiger partial charge in [0.25, 0.3) is 0 Å². The van der Waals surface area contributed by atoms with Crippen LogP contribution < -0.4 is 0 Å². The molecule has 1 aliphatic heterocycles. The summed E-state index contributed by atoms with van der Waals surface area (Å²) < 4.78 is 24.4. The molecule has 7 heteroatoms. The van der Waals surface area contributed by atoms with E-state index in [1.807, 2.05) is 0 Å². The first-order valence-electron chi connectivity index (χ1n) is 22.5. The molecule has 0 radical (unpaired) electrons. The number of hydrogen-bond donors (Lipinski definition) is 0. The number of ether oxygens (including phenoxy) is 4. The van der Waals surface area contributed by atoms with Gasteiger partial charge in [0.2, 0.25) is 0 Å². The molecule has 1 rings (SSSR count). The van der Waals surface area contributed by atoms with Gasteiger partial charge in [-0.15, -0.1) is 0 Å². The van der Waals surface area contributed by atoms with Crippen LogP contribution in [0.5, 0.6) is 0 Å². The van der Waals surface area contributed by atoms with Crippen molar-refractivity contribution in [3.8, 4) is 0 Å². The van der Waals surface area contributed by atoms with E-state index in [0.29, 0.717) is 68.2 Å². The molecule has 0 saturated carbocycles. The smallest absolute Gasteiger partial charge is 0.305 e. The Bertz CT molecular complexity index is 844. The summed E-state index contributed by atoms with van der Waals surface area (Å²) in [6.07, 6.45) is 23.8. The minimum Gasteiger partial charge on any atom is -0.465 e. The van der Waals surface area contributed by atoms with Crippen LogP contribution >= 0.6 is 0 Å². The van der Waals surface area contributed by atoms with Gasteiger partial charge in [-0.3, -0.25) is 9.59 Å². The molecule has 0 amide bonds. The highest BCUT2D eigenvalue weighted by atomic mass is 16.7. The molecule has 0 aromatic heterocycles. The van der Waals surface area contributed by atoms with Gasteiger partial charge in [0, 0.05) is 32.2 Å². The van der Waals surface area contributed by atoms with Gasteiger partial charge in [0.15, 0.2) is 5.79 Å². The van der Waals surface area contributed by atoms with E-state index >= 15 is 0 Å². The van der Waals surface area contributed by atoms with Gasteiger partial charge in [0.1, 0.15) is 0 Å². The van der Waals surface area contributed by atoms with E-state index < -0.39 is 5.79 Å². The summed E-state index contributed by atoms with van der Waals surface area (Å²) in [6, 6.07) is 0. The van der Waals surface area contributed by atoms with E-state index in [9.17, 15) is 9.59 Å². The molecule has 1 fully saturated rings. The SMILES string of the molecule is CC(C)CCC(COC(=O)CCCCCCCCCC1(CCCCCCCCCC(=O)OCC(CCC(C)C)C(C)C)OCC(CN(C)C)O1)C(C)C. The molecule has 1 aliphatic rings. The maximum absolute atomic E-state index is 12.3. The van der Waals surface area contributed by atoms with Gasteiger partial charge in [-0.25, -0.2) is 0 Å². The van der Waals surface area contributed by atoms with E-state index in [1.165, 1.54) is 64.2 Å². The molecule has 3 unspecified atom stereocenters. The largest absolute Gasteiger partial charge is 0.465 e. The Balaban J connectivity index is 2.22. The Morgan fingerprint density at radius 2 is 0.962 bits per heavy atom. The van der Waals surface area contributed by atoms with E-state index in [4.69, 9.17) is 18.9 Å². The first kappa shape index (κ1) is 49.8. The zero-order valence-electron chi connectivity index (χ0n) is 36.8. The fourth-order valence-corrected chi connectivity index (χ4v) is 7.45. The fourth-order valence-electron chi connectivity index (χ4n) is 7.45. The molecule has 0 aromatic carbocycles. The van der Waals surface area contributed by atoms with Gasteiger partial charge in [-0.2, -0.15) is 0 Å². The number of unbranched alkanes of at least 4 members (excludes halogenated alkanes) is 12. The highest BCUT2D eigenvalue weighted by Crippen LogP contribution is 2.35. The summed E-state index contributed by atoms with van der Waals surface area (Å²) in [6.45, 7) is 20.7. The number of rotatable bonds is 34. The Kier molecular flexibility index (Phi) is 28.2. The first-order valence-corrected chi connectivity index (χ1v) is 22.5. The summed E-state index contributed by atoms with van der Waals surface area (Å²) >= 11 is 0. The highest BCUT2D eigenvalue weighted by molar-refractivity contribution is 5.69. The van der Waals surface area contributed by atoms with Crippen molar-refractivity contribution < 1.29 is 28.5 Å². The van der Waals surface area contributed by atoms with Crippen molar-refractivity contribution in [2.24, 2.45) is 35.5 Å². The summed E-state index contributed by atoms with van der Waals surface area (Å²) in [4.78, 5) is 26.8. The van der Waals surface area contributed by atoms with Crippen LogP contribution in [-0.2, 0) is 28.5 Å². The summed E-state index contributed by atoms with van der Waals surface area (Å²) in [5.74, 6) is 2.96. The maximum Gasteiger partial charge on any atom is 0.305 e. The molecule has 0 N–H and O–H groups in total. The number of nitrogens with zero attached hydrogens (tertiary/aromatic N) is 1. The van der Waals surface area contributed by atoms with Gasteiger partial charge < -0.3 is 23.8 Å². The van der Waals surface area contributed by atoms with E-state index in [1.54, 1.807) is 0 Å². The lowest BCUT2D eigenvalue weighted by molar-refractivity contribution is -0.180. The predicted octanol–water partition coefficient (Wildman–Crippen LogP) is 12.2. The molecule has 1 saturated heterocycles. The van der Waals surface area contributed by atoms with E-state index in [0.717, 1.165) is 70.8 Å². The van der Waals surface area contributed by atoms with Crippen molar-refractivity contribution in [2.75, 3.05) is 40.5 Å². The average Bonchev–Trinajstić information content (AvgIpc) is 3.47. The Labute approximate surface area is 329 Å². The quantitative estimate of drug-likeness (QED) is 0.0479. The van der Waals surface area contributed by atoms with Crippen LogP contribution in [0.1, 0.15) is 197 Å². The molecule has 0 spiro atoms. The zero-order valence-corrected chi connectivity index (χ0v) is 36.8. The highest BCUT2D eigenvalue weighted by Gasteiger charge is 2.40. The monoisotopic (exact) mass is 752 g/mol. The fraction of sp³-hybridized carbons (Fsp3) is 0.957. The molecule has 7 nitrogen and oxygen atoms in total. The Morgan fingerprint density at radius 3 is 1.32 bits per heavy atom. The van der Waals surface area contributed by atoms with E-state index in [2.05, 4.69) is 74.4 Å². The van der Waals surface area contributed by atoms with Crippen LogP contribution in [0, 0.1) is 35.5 Å². The minimum absolute atomic E-state index is 0.0217. The van der Waals surface area contributed by atoms with Crippen LogP contribution in [0.2, 0.25) is 0 Å². The molecule has 3 atom stereocenters. The molecular formula is C46H89NO6. The molecule has 0 bridgehead atoms. The van der Waals surface area contributed by atoms with Crippen molar-refractivity contribution in [3.63, 3.8) is 0 Å². The third-order valence-electron chi connectivity index (χ3n) is 11.4. The molecule has 0 aliphatic carbocycles. The van der Waals surface area contributed by atoms with Gasteiger partial charge >= 0.3 is 11.9 Å². The van der Waals surface area contributed by atoms with Gasteiger partial charge in [0.05, 0.1) is 25.9 Å². The van der Waals surface area contributed by atoms with Crippen LogP contribution in [-0.4, -0.2) is 69.2 Å². The third kappa shape index (κ3) is 26.3. The molecule has 314 valence electrons. The second kappa shape index (κ2) is 30.0. The Hall–Kier alpha value is -1.18. The summed E-state index contributed by atoms with van der Waals surface area (Å²) in [5, 5.41) is 0. The van der Waals surface area contributed by atoms with Gasteiger partial charge in [-0.05, 0) is 88.1 Å². The molecular weight excluding hydrogens is 663 g/mol. The minimum atomic E-state index is -0.422. The number of carbonyl (C=O) groups is 2. The van der Waals surface area contributed by atoms with Gasteiger partial charge in [-0.1, -0.05) is 132 Å². The normalized spacial score (nSPS) is 18.9. The zero-order chi connectivity index (χ0) is 39.5. The van der Waals surface area contributed by atoms with E-state index in [-0.39, 0.29) is 18.0 Å². The standard InChI is InChI=1S/C46H89NO6/c1-37(2)27-29-41(39(5)6)34-50-44(48)25-21-17-13-11-15-19-23-31-46(52-36-43(53-46)33-47(9)10)32-24-20-16-12-14-18-22-26-45(49)51-35-42(40(7)8)30-28-38(3)4/h37-43H,11-36H2,1-10H3. The lowest BCUT2D eigenvalue weighted by atomic mass is 9.89. The van der Waals surface area contributed by atoms with Crippen molar-refractivity contribution >= 4 is 11.9 Å². The molecule has 1 heterocycles. The summed E-state index contributed by atoms with van der Waals surface area (Å²) in [7, 11) is 4.20. The second-order valence-electron chi connectivity index (χ2n) is 18.5. The van der Waals surface area contributed by atoms with Crippen molar-refractivity contribution in [2.45, 2.75) is 209 Å². The lowest BCUT2D eigenvalue weighted by Gasteiger charge is -2.29. The third-order valence-corrected chi connectivity index (χ3v) is 11.4. The topological polar surface area (TPSA) is 74.3 Å². The molecule has 53 heavy (non-hydrogen) atoms. The number of hydrogen-bond acceptors (Lipinski definition) is 7. The maximum atomic E-state index is 12.3. The second-order valence-corrected chi connectivity index (χ2v) is 18.5. The number of carbonyl (C=O) groups excluding carboxylic acids is 2. The van der Waals surface area contributed by atoms with Crippen molar-refractivity contribution in [3.05, 3.63) is 0 Å². The summed E-state index contributed by atoms with van der Waals surface area (Å²) in [5.41, 5.74) is 0. The average molecular weight is 752 g/mol. The van der Waals surface area contributed by atoms with Crippen LogP contribution in [0.4, 0.5) is 0 Å².